The number of aryl methyl sites for hydroxylation is 1. The SMILES string of the molecule is CCCNC(C)Cc1cn2c(-c3ccc(F)cc3)c(C)sc2n1. The van der Waals surface area contributed by atoms with Gasteiger partial charge in [0.25, 0.3) is 0 Å². The van der Waals surface area contributed by atoms with Crippen molar-refractivity contribution in [1.29, 1.82) is 0 Å². The third-order valence-corrected chi connectivity index (χ3v) is 4.89. The molecule has 0 bridgehead atoms. The smallest absolute Gasteiger partial charge is 0.194 e. The van der Waals surface area contributed by atoms with Gasteiger partial charge in [-0.1, -0.05) is 6.92 Å². The van der Waals surface area contributed by atoms with E-state index in [0.29, 0.717) is 6.04 Å². The summed E-state index contributed by atoms with van der Waals surface area (Å²) in [6.07, 6.45) is 4.16. The van der Waals surface area contributed by atoms with Gasteiger partial charge in [-0.15, -0.1) is 11.3 Å². The average Bonchev–Trinajstić information content (AvgIpc) is 3.02. The molecule has 3 rings (SSSR count). The Labute approximate surface area is 140 Å². The van der Waals surface area contributed by atoms with E-state index in [1.54, 1.807) is 11.3 Å². The largest absolute Gasteiger partial charge is 0.314 e. The van der Waals surface area contributed by atoms with Crippen LogP contribution in [0, 0.1) is 12.7 Å². The highest BCUT2D eigenvalue weighted by molar-refractivity contribution is 7.17. The minimum atomic E-state index is -0.208. The van der Waals surface area contributed by atoms with Crippen molar-refractivity contribution in [2.24, 2.45) is 0 Å². The number of aromatic nitrogens is 2. The van der Waals surface area contributed by atoms with Crippen LogP contribution < -0.4 is 5.32 Å². The van der Waals surface area contributed by atoms with Crippen LogP contribution >= 0.6 is 11.3 Å². The monoisotopic (exact) mass is 331 g/mol. The molecule has 0 saturated heterocycles. The summed E-state index contributed by atoms with van der Waals surface area (Å²) in [7, 11) is 0. The number of hydrogen-bond donors (Lipinski definition) is 1. The zero-order chi connectivity index (χ0) is 16.4. The molecule has 0 aliphatic carbocycles. The molecule has 2 aromatic heterocycles. The van der Waals surface area contributed by atoms with E-state index >= 15 is 0 Å². The lowest BCUT2D eigenvalue weighted by molar-refractivity contribution is 0.540. The van der Waals surface area contributed by atoms with Crippen LogP contribution in [-0.4, -0.2) is 22.0 Å². The van der Waals surface area contributed by atoms with E-state index in [1.807, 2.05) is 12.1 Å². The van der Waals surface area contributed by atoms with Gasteiger partial charge in [-0.25, -0.2) is 9.37 Å². The predicted octanol–water partition coefficient (Wildman–Crippen LogP) is 4.44. The molecule has 3 nitrogen and oxygen atoms in total. The van der Waals surface area contributed by atoms with Gasteiger partial charge in [-0.2, -0.15) is 0 Å². The Kier molecular flexibility index (Phi) is 4.78. The fourth-order valence-electron chi connectivity index (χ4n) is 2.82. The van der Waals surface area contributed by atoms with Crippen LogP contribution in [0.1, 0.15) is 30.8 Å². The van der Waals surface area contributed by atoms with Crippen molar-refractivity contribution < 1.29 is 4.39 Å². The van der Waals surface area contributed by atoms with Gasteiger partial charge in [0.2, 0.25) is 0 Å². The van der Waals surface area contributed by atoms with E-state index in [-0.39, 0.29) is 5.82 Å². The summed E-state index contributed by atoms with van der Waals surface area (Å²) in [5, 5.41) is 3.49. The molecule has 0 fully saturated rings. The third-order valence-electron chi connectivity index (χ3n) is 3.92. The molecule has 1 N–H and O–H groups in total. The van der Waals surface area contributed by atoms with Crippen LogP contribution in [0.5, 0.6) is 0 Å². The molecule has 0 aliphatic heterocycles. The van der Waals surface area contributed by atoms with Gasteiger partial charge in [0.15, 0.2) is 4.96 Å². The second kappa shape index (κ2) is 6.81. The topological polar surface area (TPSA) is 29.3 Å². The second-order valence-corrected chi connectivity index (χ2v) is 7.14. The number of fused-ring (bicyclic) bond motifs is 1. The van der Waals surface area contributed by atoms with E-state index in [0.717, 1.165) is 41.3 Å². The summed E-state index contributed by atoms with van der Waals surface area (Å²) in [6.45, 7) is 7.48. The van der Waals surface area contributed by atoms with Crippen LogP contribution in [-0.2, 0) is 6.42 Å². The summed E-state index contributed by atoms with van der Waals surface area (Å²) >= 11 is 1.68. The Morgan fingerprint density at radius 1 is 1.30 bits per heavy atom. The zero-order valence-corrected chi connectivity index (χ0v) is 14.6. The minimum absolute atomic E-state index is 0.208. The highest BCUT2D eigenvalue weighted by atomic mass is 32.1. The van der Waals surface area contributed by atoms with Crippen molar-refractivity contribution >= 4 is 16.3 Å². The molecule has 1 atom stereocenters. The first-order valence-electron chi connectivity index (χ1n) is 8.05. The fraction of sp³-hybridized carbons (Fsp3) is 0.389. The number of halogens is 1. The van der Waals surface area contributed by atoms with E-state index in [1.165, 1.54) is 17.0 Å². The predicted molar refractivity (Wildman–Crippen MR) is 94.7 cm³/mol. The van der Waals surface area contributed by atoms with E-state index in [4.69, 9.17) is 4.98 Å². The van der Waals surface area contributed by atoms with Crippen molar-refractivity contribution in [3.05, 3.63) is 46.9 Å². The number of imidazole rings is 1. The highest BCUT2D eigenvalue weighted by Crippen LogP contribution is 2.31. The summed E-state index contributed by atoms with van der Waals surface area (Å²) < 4.78 is 15.3. The lowest BCUT2D eigenvalue weighted by Crippen LogP contribution is -2.28. The molecule has 3 aromatic rings. The van der Waals surface area contributed by atoms with Crippen molar-refractivity contribution in [3.63, 3.8) is 0 Å². The van der Waals surface area contributed by atoms with Gasteiger partial charge in [0, 0.05) is 23.5 Å². The molecule has 5 heteroatoms. The number of nitrogens with one attached hydrogen (secondary N) is 1. The van der Waals surface area contributed by atoms with Crippen molar-refractivity contribution in [2.75, 3.05) is 6.54 Å². The van der Waals surface area contributed by atoms with Crippen molar-refractivity contribution in [2.45, 2.75) is 39.7 Å². The summed E-state index contributed by atoms with van der Waals surface area (Å²) in [6, 6.07) is 7.08. The maximum Gasteiger partial charge on any atom is 0.194 e. The Balaban J connectivity index is 1.90. The molecule has 0 amide bonds. The minimum Gasteiger partial charge on any atom is -0.314 e. The van der Waals surface area contributed by atoms with Gasteiger partial charge in [0.05, 0.1) is 11.4 Å². The molecule has 122 valence electrons. The summed E-state index contributed by atoms with van der Waals surface area (Å²) in [5.41, 5.74) is 3.23. The van der Waals surface area contributed by atoms with E-state index < -0.39 is 0 Å². The molecule has 1 aromatic carbocycles. The van der Waals surface area contributed by atoms with Crippen LogP contribution in [0.15, 0.2) is 30.5 Å². The van der Waals surface area contributed by atoms with Crippen LogP contribution in [0.2, 0.25) is 0 Å². The van der Waals surface area contributed by atoms with Crippen molar-refractivity contribution in [3.8, 4) is 11.3 Å². The van der Waals surface area contributed by atoms with Gasteiger partial charge in [-0.05, 0) is 56.6 Å². The first-order chi connectivity index (χ1) is 11.1. The normalized spacial score (nSPS) is 12.9. The van der Waals surface area contributed by atoms with Crippen LogP contribution in [0.25, 0.3) is 16.2 Å². The number of thiazole rings is 1. The quantitative estimate of drug-likeness (QED) is 0.723. The lowest BCUT2D eigenvalue weighted by atomic mass is 10.1. The number of nitrogens with zero attached hydrogens (tertiary/aromatic N) is 2. The lowest BCUT2D eigenvalue weighted by Gasteiger charge is -2.10. The molecular formula is C18H22FN3S. The number of benzene rings is 1. The first kappa shape index (κ1) is 16.1. The average molecular weight is 331 g/mol. The molecule has 0 saturated carbocycles. The first-order valence-corrected chi connectivity index (χ1v) is 8.86. The van der Waals surface area contributed by atoms with Gasteiger partial charge in [-0.3, -0.25) is 4.40 Å². The maximum atomic E-state index is 13.2. The van der Waals surface area contributed by atoms with E-state index in [2.05, 4.69) is 36.7 Å². The van der Waals surface area contributed by atoms with E-state index in [9.17, 15) is 4.39 Å². The Bertz CT molecular complexity index is 789. The number of rotatable bonds is 6. The summed E-state index contributed by atoms with van der Waals surface area (Å²) in [4.78, 5) is 6.95. The third kappa shape index (κ3) is 3.46. The van der Waals surface area contributed by atoms with Gasteiger partial charge in [0.1, 0.15) is 5.82 Å². The van der Waals surface area contributed by atoms with Crippen molar-refractivity contribution in [1.82, 2.24) is 14.7 Å². The van der Waals surface area contributed by atoms with Crippen LogP contribution in [0.3, 0.4) is 0 Å². The Morgan fingerprint density at radius 2 is 2.04 bits per heavy atom. The molecular weight excluding hydrogens is 309 g/mol. The molecule has 2 heterocycles. The van der Waals surface area contributed by atoms with Gasteiger partial charge >= 0.3 is 0 Å². The Hall–Kier alpha value is -1.72. The zero-order valence-electron chi connectivity index (χ0n) is 13.8. The molecule has 0 spiro atoms. The standard InChI is InChI=1S/C18H22FN3S/c1-4-9-20-12(2)10-16-11-22-17(13(3)23-18(22)21-16)14-5-7-15(19)8-6-14/h5-8,11-12,20H,4,9-10H2,1-3H3. The second-order valence-electron chi connectivity index (χ2n) is 5.96. The molecule has 1 unspecified atom stereocenters. The van der Waals surface area contributed by atoms with Gasteiger partial charge < -0.3 is 5.32 Å². The maximum absolute atomic E-state index is 13.2. The number of hydrogen-bond acceptors (Lipinski definition) is 3. The molecule has 0 aliphatic rings. The summed E-state index contributed by atoms with van der Waals surface area (Å²) in [5.74, 6) is -0.208. The van der Waals surface area contributed by atoms with Crippen LogP contribution in [0.4, 0.5) is 4.39 Å². The molecule has 23 heavy (non-hydrogen) atoms. The molecule has 0 radical (unpaired) electrons. The fourth-order valence-corrected chi connectivity index (χ4v) is 3.81. The highest BCUT2D eigenvalue weighted by Gasteiger charge is 2.15. The Morgan fingerprint density at radius 3 is 2.74 bits per heavy atom.